The van der Waals surface area contributed by atoms with E-state index in [2.05, 4.69) is 0 Å². The minimum atomic E-state index is -0.263. The molecule has 146 valence electrons. The Kier molecular flexibility index (Phi) is 5.55. The first-order valence-electron chi connectivity index (χ1n) is 8.83. The third-order valence-electron chi connectivity index (χ3n) is 4.49. The lowest BCUT2D eigenvalue weighted by Crippen LogP contribution is -2.10. The Labute approximate surface area is 182 Å². The first-order valence-corrected chi connectivity index (χ1v) is 9.96. The van der Waals surface area contributed by atoms with Gasteiger partial charge in [0.05, 0.1) is 20.5 Å². The molecule has 1 heterocycles. The first-order chi connectivity index (χ1) is 13.9. The minimum Gasteiger partial charge on any atom is -0.481 e. The van der Waals surface area contributed by atoms with Crippen LogP contribution >= 0.6 is 34.8 Å². The van der Waals surface area contributed by atoms with Crippen LogP contribution in [0.1, 0.15) is 11.1 Å². The molecule has 1 aromatic heterocycles. The number of hydrogen-bond donors (Lipinski definition) is 0. The fourth-order valence-electron chi connectivity index (χ4n) is 3.02. The number of fused-ring (bicyclic) bond motifs is 1. The molecular formula is C23H15Cl3O3. The summed E-state index contributed by atoms with van der Waals surface area (Å²) in [7, 11) is 0. The Hall–Kier alpha value is -2.46. The lowest BCUT2D eigenvalue weighted by Gasteiger charge is -2.13. The minimum absolute atomic E-state index is 0.0977. The Morgan fingerprint density at radius 3 is 2.45 bits per heavy atom. The van der Waals surface area contributed by atoms with E-state index in [9.17, 15) is 4.79 Å². The van der Waals surface area contributed by atoms with Crippen molar-refractivity contribution in [2.75, 3.05) is 0 Å². The molecule has 0 bridgehead atoms. The number of rotatable bonds is 4. The van der Waals surface area contributed by atoms with Crippen molar-refractivity contribution in [1.82, 2.24) is 0 Å². The van der Waals surface area contributed by atoms with Crippen LogP contribution in [0.5, 0.6) is 5.75 Å². The van der Waals surface area contributed by atoms with Crippen molar-refractivity contribution in [3.63, 3.8) is 0 Å². The van der Waals surface area contributed by atoms with Crippen LogP contribution in [0.2, 0.25) is 15.1 Å². The summed E-state index contributed by atoms with van der Waals surface area (Å²) in [5.74, 6) is 0.388. The molecule has 0 unspecified atom stereocenters. The van der Waals surface area contributed by atoms with Gasteiger partial charge >= 0.3 is 0 Å². The molecule has 0 radical (unpaired) electrons. The van der Waals surface area contributed by atoms with Crippen molar-refractivity contribution in [2.24, 2.45) is 0 Å². The molecule has 3 aromatic carbocycles. The summed E-state index contributed by atoms with van der Waals surface area (Å²) in [4.78, 5) is 13.2. The number of aryl methyl sites for hydroxylation is 1. The normalized spacial score (nSPS) is 11.0. The van der Waals surface area contributed by atoms with Gasteiger partial charge < -0.3 is 9.15 Å². The molecule has 0 spiro atoms. The van der Waals surface area contributed by atoms with Crippen LogP contribution in [0.15, 0.2) is 69.9 Å². The number of halogens is 3. The van der Waals surface area contributed by atoms with Crippen LogP contribution in [-0.4, -0.2) is 0 Å². The quantitative estimate of drug-likeness (QED) is 0.330. The fourth-order valence-corrected chi connectivity index (χ4v) is 3.56. The highest BCUT2D eigenvalue weighted by atomic mass is 35.5. The van der Waals surface area contributed by atoms with Gasteiger partial charge in [-0.2, -0.15) is 0 Å². The smallest absolute Gasteiger partial charge is 0.235 e. The van der Waals surface area contributed by atoms with Gasteiger partial charge in [0.2, 0.25) is 11.2 Å². The number of benzene rings is 3. The largest absolute Gasteiger partial charge is 0.481 e. The highest BCUT2D eigenvalue weighted by Crippen LogP contribution is 2.36. The second-order valence-electron chi connectivity index (χ2n) is 6.61. The predicted molar refractivity (Wildman–Crippen MR) is 118 cm³/mol. The molecule has 0 N–H and O–H groups in total. The predicted octanol–water partition coefficient (Wildman–Crippen LogP) is 7.31. The van der Waals surface area contributed by atoms with Gasteiger partial charge in [-0.1, -0.05) is 59.1 Å². The summed E-state index contributed by atoms with van der Waals surface area (Å²) in [5.41, 5.74) is 2.55. The van der Waals surface area contributed by atoms with Crippen LogP contribution in [0.3, 0.4) is 0 Å². The zero-order valence-corrected chi connectivity index (χ0v) is 17.6. The van der Waals surface area contributed by atoms with E-state index in [0.29, 0.717) is 37.4 Å². The monoisotopic (exact) mass is 444 g/mol. The Morgan fingerprint density at radius 2 is 1.69 bits per heavy atom. The highest BCUT2D eigenvalue weighted by Gasteiger charge is 2.20. The van der Waals surface area contributed by atoms with E-state index in [4.69, 9.17) is 44.0 Å². The first kappa shape index (κ1) is 19.8. The topological polar surface area (TPSA) is 39.4 Å². The number of hydrogen-bond acceptors (Lipinski definition) is 3. The summed E-state index contributed by atoms with van der Waals surface area (Å²) in [6.45, 7) is 2.06. The van der Waals surface area contributed by atoms with E-state index in [1.54, 1.807) is 36.4 Å². The fraction of sp³-hybridized carbons (Fsp3) is 0.0870. The van der Waals surface area contributed by atoms with Crippen LogP contribution in [0.4, 0.5) is 0 Å². The van der Waals surface area contributed by atoms with Crippen LogP contribution < -0.4 is 10.2 Å². The van der Waals surface area contributed by atoms with Gasteiger partial charge in [-0.3, -0.25) is 4.79 Å². The van der Waals surface area contributed by atoms with E-state index in [1.165, 1.54) is 0 Å². The van der Waals surface area contributed by atoms with Gasteiger partial charge in [0.1, 0.15) is 12.2 Å². The molecule has 6 heteroatoms. The summed E-state index contributed by atoms with van der Waals surface area (Å²) in [5, 5.41) is 1.77. The van der Waals surface area contributed by atoms with Gasteiger partial charge in [0, 0.05) is 5.56 Å². The van der Waals surface area contributed by atoms with Crippen LogP contribution in [0.25, 0.3) is 22.3 Å². The van der Waals surface area contributed by atoms with Crippen molar-refractivity contribution < 1.29 is 9.15 Å². The molecule has 4 aromatic rings. The average molecular weight is 446 g/mol. The van der Waals surface area contributed by atoms with Gasteiger partial charge in [-0.05, 0) is 54.4 Å². The summed E-state index contributed by atoms with van der Waals surface area (Å²) in [6.07, 6.45) is 0. The van der Waals surface area contributed by atoms with E-state index in [1.807, 2.05) is 31.2 Å². The Bertz CT molecular complexity index is 1280. The molecule has 0 aliphatic heterocycles. The second kappa shape index (κ2) is 8.11. The maximum absolute atomic E-state index is 13.2. The molecule has 0 fully saturated rings. The standard InChI is InChI=1S/C23H15Cl3O3/c1-13-6-8-16-20(10-13)29-22(15-4-2-3-5-17(15)24)23(21(16)27)28-12-14-7-9-18(25)19(26)11-14/h2-11H,12H2,1H3. The molecule has 0 amide bonds. The zero-order chi connectivity index (χ0) is 20.5. The zero-order valence-electron chi connectivity index (χ0n) is 15.3. The lowest BCUT2D eigenvalue weighted by molar-refractivity contribution is 0.298. The van der Waals surface area contributed by atoms with Gasteiger partial charge in [-0.15, -0.1) is 0 Å². The van der Waals surface area contributed by atoms with Crippen LogP contribution in [-0.2, 0) is 6.61 Å². The molecule has 4 rings (SSSR count). The van der Waals surface area contributed by atoms with Crippen molar-refractivity contribution in [3.05, 3.63) is 97.1 Å². The highest BCUT2D eigenvalue weighted by molar-refractivity contribution is 6.42. The van der Waals surface area contributed by atoms with Crippen LogP contribution in [0, 0.1) is 6.92 Å². The summed E-state index contributed by atoms with van der Waals surface area (Å²) < 4.78 is 12.0. The third-order valence-corrected chi connectivity index (χ3v) is 5.56. The van der Waals surface area contributed by atoms with Crippen molar-refractivity contribution in [2.45, 2.75) is 13.5 Å². The average Bonchev–Trinajstić information content (AvgIpc) is 2.70. The van der Waals surface area contributed by atoms with Crippen molar-refractivity contribution >= 4 is 45.8 Å². The summed E-state index contributed by atoms with van der Waals surface area (Å²) in [6, 6.07) is 17.7. The molecule has 0 aliphatic rings. The van der Waals surface area contributed by atoms with Gasteiger partial charge in [0.15, 0.2) is 5.76 Å². The number of ether oxygens (including phenoxy) is 1. The molecule has 0 saturated heterocycles. The maximum Gasteiger partial charge on any atom is 0.235 e. The third kappa shape index (κ3) is 3.99. The molecule has 0 saturated carbocycles. The van der Waals surface area contributed by atoms with Crippen molar-refractivity contribution in [1.29, 1.82) is 0 Å². The van der Waals surface area contributed by atoms with Crippen molar-refractivity contribution in [3.8, 4) is 17.1 Å². The van der Waals surface area contributed by atoms with E-state index >= 15 is 0 Å². The van der Waals surface area contributed by atoms with Gasteiger partial charge in [0.25, 0.3) is 0 Å². The van der Waals surface area contributed by atoms with Gasteiger partial charge in [-0.25, -0.2) is 0 Å². The molecule has 3 nitrogen and oxygen atoms in total. The van der Waals surface area contributed by atoms with E-state index < -0.39 is 0 Å². The SMILES string of the molecule is Cc1ccc2c(=O)c(OCc3ccc(Cl)c(Cl)c3)c(-c3ccccc3Cl)oc2c1. The molecule has 0 atom stereocenters. The Balaban J connectivity index is 1.86. The Morgan fingerprint density at radius 1 is 0.897 bits per heavy atom. The van der Waals surface area contributed by atoms with E-state index in [-0.39, 0.29) is 17.8 Å². The molecular weight excluding hydrogens is 431 g/mol. The second-order valence-corrected chi connectivity index (χ2v) is 7.83. The molecule has 0 aliphatic carbocycles. The maximum atomic E-state index is 13.2. The molecule has 29 heavy (non-hydrogen) atoms. The summed E-state index contributed by atoms with van der Waals surface area (Å²) >= 11 is 18.4. The lowest BCUT2D eigenvalue weighted by atomic mass is 10.1. The van der Waals surface area contributed by atoms with E-state index in [0.717, 1.165) is 11.1 Å².